The Bertz CT molecular complexity index is 1010. The third-order valence-corrected chi connectivity index (χ3v) is 4.97. The second kappa shape index (κ2) is 5.42. The molecule has 5 rings (SSSR count). The maximum absolute atomic E-state index is 13.1. The zero-order valence-electron chi connectivity index (χ0n) is 13.6. The van der Waals surface area contributed by atoms with E-state index in [2.05, 4.69) is 18.2 Å². The van der Waals surface area contributed by atoms with Crippen LogP contribution in [0.25, 0.3) is 0 Å². The van der Waals surface area contributed by atoms with Gasteiger partial charge in [0.15, 0.2) is 0 Å². The Morgan fingerprint density at radius 2 is 1.56 bits per heavy atom. The normalized spacial score (nSPS) is 18.1. The van der Waals surface area contributed by atoms with E-state index in [9.17, 15) is 4.79 Å². The number of rotatable bonds is 1. The number of hydrogen-bond donors (Lipinski definition) is 0. The fourth-order valence-corrected chi connectivity index (χ4v) is 3.82. The fraction of sp³-hybridized carbons (Fsp3) is 0.0909. The Morgan fingerprint density at radius 3 is 2.44 bits per heavy atom. The first-order chi connectivity index (χ1) is 12.3. The van der Waals surface area contributed by atoms with Gasteiger partial charge in [0, 0.05) is 12.0 Å². The quantitative estimate of drug-likeness (QED) is 0.626. The van der Waals surface area contributed by atoms with Crippen LogP contribution < -0.4 is 4.90 Å². The van der Waals surface area contributed by atoms with Crippen LogP contribution in [0.4, 0.5) is 11.4 Å². The lowest BCUT2D eigenvalue weighted by molar-refractivity contribution is 0.0992. The number of carbonyl (C=O) groups is 1. The van der Waals surface area contributed by atoms with Crippen LogP contribution in [0.5, 0.6) is 0 Å². The minimum absolute atomic E-state index is 0.00805. The summed E-state index contributed by atoms with van der Waals surface area (Å²) < 4.78 is 0. The maximum atomic E-state index is 13.1. The summed E-state index contributed by atoms with van der Waals surface area (Å²) in [5.41, 5.74) is 5.76. The summed E-state index contributed by atoms with van der Waals surface area (Å²) in [4.78, 5) is 19.9. The van der Waals surface area contributed by atoms with E-state index in [1.807, 2.05) is 65.6 Å². The molecule has 3 aromatic carbocycles. The average Bonchev–Trinajstić information content (AvgIpc) is 2.84. The standard InChI is InChI=1S/C22H16N2O/c25-22-17-11-5-4-10-16(17)21-14-19(15-8-2-1-3-9-15)23-18-12-6-7-13-20(18)24(21)22/h1-13,21H,14H2/t21-/m0/s1. The van der Waals surface area contributed by atoms with Gasteiger partial charge in [0.25, 0.3) is 5.91 Å². The summed E-state index contributed by atoms with van der Waals surface area (Å²) in [5.74, 6) is 0.0672. The van der Waals surface area contributed by atoms with Gasteiger partial charge in [-0.2, -0.15) is 0 Å². The predicted molar refractivity (Wildman–Crippen MR) is 99.7 cm³/mol. The number of carbonyl (C=O) groups excluding carboxylic acids is 1. The number of benzene rings is 3. The number of nitrogens with zero attached hydrogens (tertiary/aromatic N) is 2. The molecule has 0 fully saturated rings. The number of para-hydroxylation sites is 2. The minimum Gasteiger partial charge on any atom is -0.298 e. The van der Waals surface area contributed by atoms with Gasteiger partial charge in [-0.1, -0.05) is 60.7 Å². The predicted octanol–water partition coefficient (Wildman–Crippen LogP) is 4.91. The molecule has 3 nitrogen and oxygen atoms in total. The van der Waals surface area contributed by atoms with Crippen LogP contribution in [-0.4, -0.2) is 11.6 Å². The van der Waals surface area contributed by atoms with Crippen molar-refractivity contribution < 1.29 is 4.79 Å². The van der Waals surface area contributed by atoms with Gasteiger partial charge in [0.2, 0.25) is 0 Å². The first-order valence-electron chi connectivity index (χ1n) is 8.47. The molecule has 0 aliphatic carbocycles. The second-order valence-electron chi connectivity index (χ2n) is 6.40. The van der Waals surface area contributed by atoms with Crippen molar-refractivity contribution in [2.24, 2.45) is 4.99 Å². The molecule has 3 heteroatoms. The Balaban J connectivity index is 1.74. The zero-order valence-corrected chi connectivity index (χ0v) is 13.6. The smallest absolute Gasteiger partial charge is 0.259 e. The molecule has 120 valence electrons. The number of aliphatic imine (C=N–C) groups is 1. The maximum Gasteiger partial charge on any atom is 0.259 e. The fourth-order valence-electron chi connectivity index (χ4n) is 3.82. The van der Waals surface area contributed by atoms with Crippen molar-refractivity contribution in [1.82, 2.24) is 0 Å². The van der Waals surface area contributed by atoms with Crippen LogP contribution in [0.2, 0.25) is 0 Å². The molecular formula is C22H16N2O. The van der Waals surface area contributed by atoms with Gasteiger partial charge in [-0.25, -0.2) is 0 Å². The Hall–Kier alpha value is -3.20. The molecule has 3 aromatic rings. The molecule has 0 bridgehead atoms. The van der Waals surface area contributed by atoms with Gasteiger partial charge in [0.05, 0.1) is 23.1 Å². The third kappa shape index (κ3) is 2.13. The summed E-state index contributed by atoms with van der Waals surface area (Å²) in [6.45, 7) is 0. The largest absolute Gasteiger partial charge is 0.298 e. The van der Waals surface area contributed by atoms with Crippen molar-refractivity contribution in [3.05, 3.63) is 95.6 Å². The number of fused-ring (bicyclic) bond motifs is 5. The average molecular weight is 324 g/mol. The SMILES string of the molecule is O=C1c2ccccc2[C@@H]2CC(c3ccccc3)=Nc3ccccc3N12. The van der Waals surface area contributed by atoms with Gasteiger partial charge in [0.1, 0.15) is 0 Å². The zero-order chi connectivity index (χ0) is 16.8. The molecule has 2 heterocycles. The van der Waals surface area contributed by atoms with Crippen LogP contribution in [0.15, 0.2) is 83.9 Å². The Morgan fingerprint density at radius 1 is 0.840 bits per heavy atom. The van der Waals surface area contributed by atoms with Crippen molar-refractivity contribution >= 4 is 23.0 Å². The molecule has 0 saturated carbocycles. The van der Waals surface area contributed by atoms with Crippen LogP contribution in [-0.2, 0) is 0 Å². The van der Waals surface area contributed by atoms with E-state index in [4.69, 9.17) is 4.99 Å². The molecule has 0 unspecified atom stereocenters. The highest BCUT2D eigenvalue weighted by atomic mass is 16.2. The van der Waals surface area contributed by atoms with Crippen molar-refractivity contribution in [3.63, 3.8) is 0 Å². The van der Waals surface area contributed by atoms with E-state index in [1.54, 1.807) is 0 Å². The Labute approximate surface area is 146 Å². The number of amides is 1. The molecule has 0 aromatic heterocycles. The lowest BCUT2D eigenvalue weighted by Crippen LogP contribution is -2.28. The first kappa shape index (κ1) is 14.2. The molecule has 1 atom stereocenters. The van der Waals surface area contributed by atoms with Crippen molar-refractivity contribution in [2.45, 2.75) is 12.5 Å². The molecule has 0 saturated heterocycles. The Kier molecular flexibility index (Phi) is 3.07. The second-order valence-corrected chi connectivity index (χ2v) is 6.40. The highest BCUT2D eigenvalue weighted by molar-refractivity contribution is 6.15. The van der Waals surface area contributed by atoms with Crippen molar-refractivity contribution in [2.75, 3.05) is 4.90 Å². The lowest BCUT2D eigenvalue weighted by Gasteiger charge is -2.24. The molecule has 0 radical (unpaired) electrons. The van der Waals surface area contributed by atoms with E-state index in [0.717, 1.165) is 33.8 Å². The van der Waals surface area contributed by atoms with Crippen LogP contribution in [0, 0.1) is 0 Å². The van der Waals surface area contributed by atoms with Gasteiger partial charge in [-0.15, -0.1) is 0 Å². The molecule has 0 spiro atoms. The summed E-state index contributed by atoms with van der Waals surface area (Å²) >= 11 is 0. The van der Waals surface area contributed by atoms with E-state index in [-0.39, 0.29) is 11.9 Å². The van der Waals surface area contributed by atoms with Crippen molar-refractivity contribution in [1.29, 1.82) is 0 Å². The topological polar surface area (TPSA) is 32.7 Å². The molecule has 2 aliphatic rings. The summed E-state index contributed by atoms with van der Waals surface area (Å²) in [6, 6.07) is 26.1. The highest BCUT2D eigenvalue weighted by Crippen LogP contribution is 2.45. The third-order valence-electron chi connectivity index (χ3n) is 4.97. The van der Waals surface area contributed by atoms with Crippen LogP contribution in [0.3, 0.4) is 0 Å². The van der Waals surface area contributed by atoms with Crippen molar-refractivity contribution in [3.8, 4) is 0 Å². The van der Waals surface area contributed by atoms with Gasteiger partial charge in [-0.3, -0.25) is 14.7 Å². The number of anilines is 1. The van der Waals surface area contributed by atoms with Gasteiger partial charge in [-0.05, 0) is 29.3 Å². The van der Waals surface area contributed by atoms with Gasteiger partial charge >= 0.3 is 0 Å². The summed E-state index contributed by atoms with van der Waals surface area (Å²) in [7, 11) is 0. The van der Waals surface area contributed by atoms with Gasteiger partial charge < -0.3 is 0 Å². The van der Waals surface area contributed by atoms with Crippen LogP contribution in [0.1, 0.15) is 33.9 Å². The van der Waals surface area contributed by atoms with E-state index < -0.39 is 0 Å². The van der Waals surface area contributed by atoms with Crippen LogP contribution >= 0.6 is 0 Å². The first-order valence-corrected chi connectivity index (χ1v) is 8.47. The molecular weight excluding hydrogens is 308 g/mol. The monoisotopic (exact) mass is 324 g/mol. The van der Waals surface area contributed by atoms with E-state index in [0.29, 0.717) is 6.42 Å². The van der Waals surface area contributed by atoms with E-state index >= 15 is 0 Å². The summed E-state index contributed by atoms with van der Waals surface area (Å²) in [5, 5.41) is 0. The highest BCUT2D eigenvalue weighted by Gasteiger charge is 2.40. The molecule has 1 amide bonds. The lowest BCUT2D eigenvalue weighted by atomic mass is 9.97. The molecule has 25 heavy (non-hydrogen) atoms. The minimum atomic E-state index is -0.00805. The molecule has 0 N–H and O–H groups in total. The van der Waals surface area contributed by atoms with E-state index in [1.165, 1.54) is 0 Å². The number of hydrogen-bond acceptors (Lipinski definition) is 2. The summed E-state index contributed by atoms with van der Waals surface area (Å²) in [6.07, 6.45) is 0.710. The molecule has 2 aliphatic heterocycles.